The number of unbranched alkanes of at least 4 members (excludes halogenated alkanes) is 1. The predicted octanol–water partition coefficient (Wildman–Crippen LogP) is 3.24. The Hall–Kier alpha value is -12.4. The number of hydrogen-bond donors (Lipinski definition) is 13. The lowest BCUT2D eigenvalue weighted by Gasteiger charge is -2.37. The Morgan fingerprint density at radius 2 is 1.02 bits per heavy atom. The summed E-state index contributed by atoms with van der Waals surface area (Å²) in [5, 5.41) is 54.0. The fraction of sp³-hybridized carbons (Fsp3) is 0.413. The van der Waals surface area contributed by atoms with E-state index in [0.29, 0.717) is 83.6 Å². The lowest BCUT2D eigenvalue weighted by atomic mass is 9.98. The number of aromatic nitrogens is 1. The van der Waals surface area contributed by atoms with Crippen LogP contribution < -0.4 is 48.3 Å². The number of nitrogens with zero attached hydrogens (tertiary/aromatic N) is 6. The molecule has 3 aliphatic heterocycles. The second-order valence-corrected chi connectivity index (χ2v) is 35.9. The molecule has 680 valence electrons. The number of phenolic OH excluding ortho intramolecular Hbond substituents is 2. The van der Waals surface area contributed by atoms with E-state index in [9.17, 15) is 44.1 Å². The van der Waals surface area contributed by atoms with E-state index >= 15 is 38.4 Å². The maximum Gasteiger partial charge on any atom is 0.246 e. The topological polar surface area (TPSA) is 457 Å². The number of nitrogens with one attached hydrogen (secondary N) is 9. The summed E-state index contributed by atoms with van der Waals surface area (Å²) in [6, 6.07) is 31.4. The van der Waals surface area contributed by atoms with Crippen molar-refractivity contribution in [2.45, 2.75) is 164 Å². The van der Waals surface area contributed by atoms with Gasteiger partial charge in [-0.15, -0.1) is 11.8 Å². The van der Waals surface area contributed by atoms with Crippen LogP contribution in [-0.2, 0) is 106 Å². The molecule has 2 saturated heterocycles. The number of hydrogen-bond acceptors (Lipinski definition) is 18. The van der Waals surface area contributed by atoms with Crippen LogP contribution in [0.25, 0.3) is 10.9 Å². The summed E-state index contributed by atoms with van der Waals surface area (Å²) < 4.78 is 0. The van der Waals surface area contributed by atoms with Crippen molar-refractivity contribution in [1.29, 1.82) is 0 Å². The van der Waals surface area contributed by atoms with Crippen molar-refractivity contribution in [3.8, 4) is 11.5 Å². The van der Waals surface area contributed by atoms with E-state index in [0.717, 1.165) is 26.5 Å². The van der Waals surface area contributed by atoms with Gasteiger partial charge in [-0.2, -0.15) is 0 Å². The third-order valence-corrected chi connectivity index (χ3v) is 25.8. The molecule has 0 saturated carbocycles. The highest BCUT2D eigenvalue weighted by Crippen LogP contribution is 2.53. The van der Waals surface area contributed by atoms with Crippen LogP contribution in [0.3, 0.4) is 0 Å². The zero-order valence-corrected chi connectivity index (χ0v) is 75.6. The van der Waals surface area contributed by atoms with Crippen LogP contribution in [0.5, 0.6) is 11.5 Å². The van der Waals surface area contributed by atoms with Crippen LogP contribution in [0.1, 0.15) is 92.7 Å². The lowest BCUT2D eigenvalue weighted by molar-refractivity contribution is -0.151. The summed E-state index contributed by atoms with van der Waals surface area (Å²) in [6.07, 6.45) is 2.20. The highest BCUT2D eigenvalue weighted by molar-refractivity contribution is 8.00. The first-order valence-electron chi connectivity index (χ1n) is 42.5. The number of rotatable bonds is 21. The predicted molar refractivity (Wildman–Crippen MR) is 489 cm³/mol. The molecule has 1 aromatic heterocycles. The highest BCUT2D eigenvalue weighted by atomic mass is 32.2. The number of para-hydroxylation sites is 1. The maximum atomic E-state index is 15.7. The Morgan fingerprint density at radius 1 is 0.531 bits per heavy atom. The number of amides is 14. The van der Waals surface area contributed by atoms with E-state index < -0.39 is 186 Å². The number of phenols is 2. The minimum Gasteiger partial charge on any atom is -0.508 e. The molecule has 7 aromatic rings. The van der Waals surface area contributed by atoms with Crippen molar-refractivity contribution in [1.82, 2.24) is 76.9 Å². The third-order valence-electron chi connectivity index (χ3n) is 23.0. The molecular formula is C92H114N16O17P2S. The molecule has 0 aliphatic carbocycles. The number of aromatic amines is 1. The minimum absolute atomic E-state index is 0.0608. The average molecular weight is 1810 g/mol. The van der Waals surface area contributed by atoms with Crippen LogP contribution >= 0.6 is 28.8 Å². The van der Waals surface area contributed by atoms with Gasteiger partial charge in [0.1, 0.15) is 71.2 Å². The first-order valence-corrected chi connectivity index (χ1v) is 45.1. The number of H-pyrrole nitrogens is 1. The average Bonchev–Trinajstić information content (AvgIpc) is 1.55. The van der Waals surface area contributed by atoms with Crippen LogP contribution in [0, 0.1) is 5.92 Å². The van der Waals surface area contributed by atoms with Crippen molar-refractivity contribution in [3.63, 3.8) is 0 Å². The van der Waals surface area contributed by atoms with E-state index in [1.54, 1.807) is 134 Å². The quantitative estimate of drug-likeness (QED) is 0.0459. The molecule has 2 fully saturated rings. The Morgan fingerprint density at radius 3 is 1.58 bits per heavy atom. The van der Waals surface area contributed by atoms with E-state index in [2.05, 4.69) is 56.4 Å². The molecule has 33 nitrogen and oxygen atoms in total. The molecule has 0 unspecified atom stereocenters. The maximum absolute atomic E-state index is 15.7. The van der Waals surface area contributed by atoms with E-state index in [4.69, 9.17) is 5.73 Å². The SMILES string of the molecule is CCCC[C@H]1C(=O)N(C)CC(=O)N[C@@H](CC(O)=P)C(=O)N[C@@H](C(C)C)C(=O)N(C)[C@@H](Cc2ccccc2)C(=O)N[C@@H](Cc2ccc(O)cc2)C(=O)N(C)CC(=O)N[C@@H](Cc2c[nH]c3ccccc23)C(=O)N[C@@H](Cc2ccc(O)cc2)C(=O)N2CCC[C@]23P=C3N[C@H](C(=O)NCC(N)=O)CSCC(=O)N[C@@H](Cc2ccccc2)C(=O)N(C)[C@@H](Cc2ccccc2)C(=O)N1C. The van der Waals surface area contributed by atoms with Crippen molar-refractivity contribution in [2.24, 2.45) is 11.7 Å². The Bertz CT molecular complexity index is 5190. The summed E-state index contributed by atoms with van der Waals surface area (Å²) in [5.41, 5.74) is 9.65. The fourth-order valence-corrected chi connectivity index (χ4v) is 18.3. The van der Waals surface area contributed by atoms with Gasteiger partial charge in [0, 0.05) is 110 Å². The number of fused-ring (bicyclic) bond motifs is 1. The second-order valence-electron chi connectivity index (χ2n) is 32.9. The molecule has 1 spiro atoms. The lowest BCUT2D eigenvalue weighted by Crippen LogP contribution is -2.61. The molecule has 0 bridgehead atoms. The number of aromatic hydroxyl groups is 2. The zero-order chi connectivity index (χ0) is 92.6. The molecule has 36 heteroatoms. The highest BCUT2D eigenvalue weighted by Gasteiger charge is 2.57. The van der Waals surface area contributed by atoms with Crippen molar-refractivity contribution in [3.05, 3.63) is 203 Å². The van der Waals surface area contributed by atoms with Gasteiger partial charge >= 0.3 is 0 Å². The molecule has 10 rings (SSSR count). The normalized spacial score (nSPS) is 23.4. The van der Waals surface area contributed by atoms with Gasteiger partial charge in [0.25, 0.3) is 0 Å². The van der Waals surface area contributed by atoms with Gasteiger partial charge in [-0.05, 0) is 88.9 Å². The summed E-state index contributed by atoms with van der Waals surface area (Å²) in [5.74, 6) is -12.2. The fourth-order valence-electron chi connectivity index (χ4n) is 15.8. The van der Waals surface area contributed by atoms with E-state index in [1.807, 2.05) is 25.1 Å². The number of benzene rings is 6. The third kappa shape index (κ3) is 26.6. The summed E-state index contributed by atoms with van der Waals surface area (Å²) in [4.78, 5) is 219. The molecule has 3 aliphatic rings. The molecular weight excluding hydrogens is 1700 g/mol. The van der Waals surface area contributed by atoms with Crippen LogP contribution in [0.4, 0.5) is 0 Å². The van der Waals surface area contributed by atoms with Crippen LogP contribution in [-0.4, -0.2) is 282 Å². The smallest absolute Gasteiger partial charge is 0.246 e. The summed E-state index contributed by atoms with van der Waals surface area (Å²) in [7, 11) is 10.5. The number of primary amides is 1. The number of aliphatic hydroxyl groups is 1. The Labute approximate surface area is 751 Å². The molecule has 14 N–H and O–H groups in total. The van der Waals surface area contributed by atoms with Gasteiger partial charge in [0.2, 0.25) is 82.7 Å². The molecule has 14 amide bonds. The summed E-state index contributed by atoms with van der Waals surface area (Å²) >= 11 is 1.01. The first kappa shape index (κ1) is 97.8. The van der Waals surface area contributed by atoms with E-state index in [1.165, 1.54) is 81.4 Å². The van der Waals surface area contributed by atoms with Gasteiger partial charge in [0.05, 0.1) is 42.3 Å². The number of carbonyl (C=O) groups is 14. The van der Waals surface area contributed by atoms with Crippen molar-refractivity contribution in [2.75, 3.05) is 72.9 Å². The number of thioether (sulfide) groups is 1. The van der Waals surface area contributed by atoms with Gasteiger partial charge in [-0.25, -0.2) is 0 Å². The number of likely N-dealkylation sites (N-methyl/N-ethyl adjacent to an activating group) is 5. The monoisotopic (exact) mass is 1810 g/mol. The number of aliphatic hydroxyl groups excluding tert-OH is 1. The molecule has 128 heavy (non-hydrogen) atoms. The Balaban J connectivity index is 1.02. The van der Waals surface area contributed by atoms with Gasteiger partial charge < -0.3 is 92.7 Å². The number of nitrogens with two attached hydrogens (primary N) is 1. The van der Waals surface area contributed by atoms with Crippen LogP contribution in [0.15, 0.2) is 170 Å². The van der Waals surface area contributed by atoms with E-state index in [-0.39, 0.29) is 74.5 Å². The molecule has 4 heterocycles. The molecule has 0 radical (unpaired) electrons. The largest absolute Gasteiger partial charge is 0.508 e. The van der Waals surface area contributed by atoms with Crippen LogP contribution in [0.2, 0.25) is 0 Å². The first-order chi connectivity index (χ1) is 61.1. The van der Waals surface area contributed by atoms with Gasteiger partial charge in [-0.1, -0.05) is 184 Å². The number of carbonyl (C=O) groups excluding carboxylic acids is 14. The second kappa shape index (κ2) is 45.9. The van der Waals surface area contributed by atoms with Gasteiger partial charge in [0.15, 0.2) is 0 Å². The van der Waals surface area contributed by atoms with Gasteiger partial charge in [-0.3, -0.25) is 72.4 Å². The van der Waals surface area contributed by atoms with Crippen molar-refractivity contribution >= 4 is 133 Å². The zero-order valence-electron chi connectivity index (χ0n) is 72.9. The molecule has 11 atom stereocenters. The summed E-state index contributed by atoms with van der Waals surface area (Å²) in [6.45, 7) is 3.32. The standard InChI is InChI=1S/C92H114N16O17P2S/c1-9-10-31-72-88(123)104(5)52-77(113)97-67(48-79(115)126)83(118)102-80(55(2)3)90(125)106(7)73(45-57-25-16-12-17-26-57)84(119)100-68(43-59-32-36-62(109)37-33-59)85(120)103(4)51-76(112)96-66(47-61-49-94-65-30-21-20-29-64(61)65)82(117)99-70(44-60-34-38-63(110)39-35-60)87(122)108-41-22-40-92(108)91(127-92)101-71(81(116)95-50-75(93)111)53-128-54-78(114)98-69(42-56-23-14-11-15-24-56)86(121)107(8)74(89(124)105(72)6)46-58-27-18-13-19-28-58/h11-21,23-30,32-39,49,55,66-74,80,94,101,109-110,115,126H,9-10,22,31,40-48,50-54H2,1-8H3,(H2,93,111)(H,95,116)(H,96,112)(H,97,113)(H,98,114)(H,99,117)(H,100,119)(H,102,118)/t66-,67-,68-,69-,70-,71-,72-,73-,74-,80-,92+/m0/s1. The minimum atomic E-state index is -1.63. The van der Waals surface area contributed by atoms with Crippen molar-refractivity contribution < 1.29 is 82.4 Å². The molecule has 6 aromatic carbocycles. The Kier molecular flexibility index (Phi) is 35.1.